The maximum atomic E-state index is 13.1. The fourth-order valence-electron chi connectivity index (χ4n) is 1.17. The van der Waals surface area contributed by atoms with Gasteiger partial charge in [0.1, 0.15) is 5.82 Å². The lowest BCUT2D eigenvalue weighted by Crippen LogP contribution is -2.41. The van der Waals surface area contributed by atoms with Crippen LogP contribution in [0.25, 0.3) is 0 Å². The van der Waals surface area contributed by atoms with Gasteiger partial charge in [0.2, 0.25) is 5.91 Å². The molecule has 18 heavy (non-hydrogen) atoms. The van der Waals surface area contributed by atoms with E-state index in [9.17, 15) is 26.7 Å². The predicted molar refractivity (Wildman–Crippen MR) is 54.1 cm³/mol. The van der Waals surface area contributed by atoms with Crippen LogP contribution in [-0.4, -0.2) is 24.8 Å². The summed E-state index contributed by atoms with van der Waals surface area (Å²) in [6.45, 7) is -1.47. The molecular weight excluding hydrogens is 257 g/mol. The molecule has 0 unspecified atom stereocenters. The molecule has 0 saturated carbocycles. The van der Waals surface area contributed by atoms with E-state index in [1.807, 2.05) is 0 Å². The van der Waals surface area contributed by atoms with E-state index in [-0.39, 0.29) is 5.56 Å². The van der Waals surface area contributed by atoms with Gasteiger partial charge in [-0.25, -0.2) is 13.2 Å². The molecule has 0 aliphatic heterocycles. The number of alkyl halides is 4. The molecule has 1 aromatic rings. The third-order valence-electron chi connectivity index (χ3n) is 2.15. The van der Waals surface area contributed by atoms with Crippen molar-refractivity contribution in [2.45, 2.75) is 18.8 Å². The van der Waals surface area contributed by atoms with Gasteiger partial charge in [-0.15, -0.1) is 0 Å². The molecule has 7 heteroatoms. The first-order valence-corrected chi connectivity index (χ1v) is 4.99. The zero-order valence-corrected chi connectivity index (χ0v) is 9.10. The summed E-state index contributed by atoms with van der Waals surface area (Å²) in [6.07, 6.45) is -4.34. The van der Waals surface area contributed by atoms with Crippen molar-refractivity contribution in [1.82, 2.24) is 5.32 Å². The first kappa shape index (κ1) is 14.4. The molecule has 0 aromatic heterocycles. The van der Waals surface area contributed by atoms with Crippen LogP contribution >= 0.6 is 0 Å². The van der Waals surface area contributed by atoms with Gasteiger partial charge in [0.05, 0.1) is 13.0 Å². The minimum atomic E-state index is -4.29. The highest BCUT2D eigenvalue weighted by molar-refractivity contribution is 5.78. The number of carbonyl (C=O) groups is 1. The standard InChI is InChI=1S/C11H10F5NO/c12-8-4-2-1-3-7(8)5-9(18)17-6-11(15,16)10(13)14/h1-4,10H,5-6H2,(H,17,18). The van der Waals surface area contributed by atoms with Crippen LogP contribution in [0.1, 0.15) is 5.56 Å². The molecule has 1 N–H and O–H groups in total. The fraction of sp³-hybridized carbons (Fsp3) is 0.364. The van der Waals surface area contributed by atoms with Crippen LogP contribution in [0.5, 0.6) is 0 Å². The van der Waals surface area contributed by atoms with Gasteiger partial charge in [0, 0.05) is 0 Å². The van der Waals surface area contributed by atoms with Crippen LogP contribution in [0.3, 0.4) is 0 Å². The number of halogens is 5. The lowest BCUT2D eigenvalue weighted by atomic mass is 10.1. The van der Waals surface area contributed by atoms with Crippen molar-refractivity contribution >= 4 is 5.91 Å². The Labute approximate surface area is 99.8 Å². The third-order valence-corrected chi connectivity index (χ3v) is 2.15. The van der Waals surface area contributed by atoms with Gasteiger partial charge in [-0.05, 0) is 11.6 Å². The smallest absolute Gasteiger partial charge is 0.324 e. The van der Waals surface area contributed by atoms with Crippen LogP contribution in [-0.2, 0) is 11.2 Å². The third kappa shape index (κ3) is 3.97. The zero-order chi connectivity index (χ0) is 13.8. The van der Waals surface area contributed by atoms with Crippen LogP contribution < -0.4 is 5.32 Å². The van der Waals surface area contributed by atoms with Crippen molar-refractivity contribution in [3.05, 3.63) is 35.6 Å². The van der Waals surface area contributed by atoms with Gasteiger partial charge in [-0.2, -0.15) is 8.78 Å². The minimum Gasteiger partial charge on any atom is -0.350 e. The van der Waals surface area contributed by atoms with Crippen molar-refractivity contribution in [3.63, 3.8) is 0 Å². The Hall–Kier alpha value is -1.66. The summed E-state index contributed by atoms with van der Waals surface area (Å²) in [7, 11) is 0. The van der Waals surface area contributed by atoms with Crippen LogP contribution in [0.2, 0.25) is 0 Å². The van der Waals surface area contributed by atoms with Crippen molar-refractivity contribution < 1.29 is 26.7 Å². The number of hydrogen-bond acceptors (Lipinski definition) is 1. The average Bonchev–Trinajstić information content (AvgIpc) is 2.29. The molecule has 2 nitrogen and oxygen atoms in total. The number of nitrogens with one attached hydrogen (secondary N) is 1. The number of hydrogen-bond donors (Lipinski definition) is 1. The van der Waals surface area contributed by atoms with E-state index < -0.39 is 37.0 Å². The molecule has 0 fully saturated rings. The highest BCUT2D eigenvalue weighted by Gasteiger charge is 2.40. The maximum absolute atomic E-state index is 13.1. The van der Waals surface area contributed by atoms with Crippen LogP contribution in [0.4, 0.5) is 22.0 Å². The Morgan fingerprint density at radius 3 is 2.44 bits per heavy atom. The molecule has 0 aliphatic rings. The van der Waals surface area contributed by atoms with Gasteiger partial charge < -0.3 is 5.32 Å². The van der Waals surface area contributed by atoms with Crippen molar-refractivity contribution in [1.29, 1.82) is 0 Å². The summed E-state index contributed by atoms with van der Waals surface area (Å²) >= 11 is 0. The first-order chi connectivity index (χ1) is 8.33. The minimum absolute atomic E-state index is 0.00960. The molecule has 0 heterocycles. The van der Waals surface area contributed by atoms with Gasteiger partial charge in [-0.1, -0.05) is 18.2 Å². The second kappa shape index (κ2) is 5.79. The summed E-state index contributed by atoms with van der Waals surface area (Å²) < 4.78 is 61.7. The molecular formula is C11H10F5NO. The molecule has 0 atom stereocenters. The largest absolute Gasteiger partial charge is 0.350 e. The van der Waals surface area contributed by atoms with Crippen molar-refractivity contribution in [3.8, 4) is 0 Å². The number of rotatable bonds is 5. The Balaban J connectivity index is 2.51. The second-order valence-corrected chi connectivity index (χ2v) is 3.61. The molecule has 1 rings (SSSR count). The van der Waals surface area contributed by atoms with E-state index in [0.29, 0.717) is 0 Å². The van der Waals surface area contributed by atoms with E-state index in [2.05, 4.69) is 0 Å². The molecule has 0 bridgehead atoms. The molecule has 0 aliphatic carbocycles. The predicted octanol–water partition coefficient (Wildman–Crippen LogP) is 2.38. The topological polar surface area (TPSA) is 29.1 Å². The van der Waals surface area contributed by atoms with Crippen molar-refractivity contribution in [2.75, 3.05) is 6.54 Å². The van der Waals surface area contributed by atoms with E-state index in [1.54, 1.807) is 5.32 Å². The second-order valence-electron chi connectivity index (χ2n) is 3.61. The molecule has 100 valence electrons. The Kier molecular flexibility index (Phi) is 4.63. The lowest BCUT2D eigenvalue weighted by Gasteiger charge is -2.15. The van der Waals surface area contributed by atoms with E-state index in [4.69, 9.17) is 0 Å². The zero-order valence-electron chi connectivity index (χ0n) is 9.10. The van der Waals surface area contributed by atoms with Crippen LogP contribution in [0.15, 0.2) is 24.3 Å². The van der Waals surface area contributed by atoms with Crippen molar-refractivity contribution in [2.24, 2.45) is 0 Å². The molecule has 1 amide bonds. The average molecular weight is 267 g/mol. The number of benzene rings is 1. The molecule has 0 saturated heterocycles. The van der Waals surface area contributed by atoms with Gasteiger partial charge in [0.25, 0.3) is 0 Å². The molecule has 1 aromatic carbocycles. The normalized spacial score (nSPS) is 11.7. The Morgan fingerprint density at radius 2 is 1.89 bits per heavy atom. The van der Waals surface area contributed by atoms with Gasteiger partial charge >= 0.3 is 12.3 Å². The summed E-state index contributed by atoms with van der Waals surface area (Å²) in [5, 5.41) is 1.64. The quantitative estimate of drug-likeness (QED) is 0.815. The highest BCUT2D eigenvalue weighted by Crippen LogP contribution is 2.21. The summed E-state index contributed by atoms with van der Waals surface area (Å²) in [4.78, 5) is 11.2. The van der Waals surface area contributed by atoms with Gasteiger partial charge in [0.15, 0.2) is 0 Å². The van der Waals surface area contributed by atoms with Gasteiger partial charge in [-0.3, -0.25) is 4.79 Å². The van der Waals surface area contributed by atoms with E-state index in [0.717, 1.165) is 6.07 Å². The Bertz CT molecular complexity index is 422. The van der Waals surface area contributed by atoms with Crippen LogP contribution in [0, 0.1) is 5.82 Å². The highest BCUT2D eigenvalue weighted by atomic mass is 19.3. The lowest BCUT2D eigenvalue weighted by molar-refractivity contribution is -0.136. The summed E-state index contributed by atoms with van der Waals surface area (Å²) in [6, 6.07) is 5.29. The summed E-state index contributed by atoms with van der Waals surface area (Å²) in [5.41, 5.74) is 0.00960. The maximum Gasteiger partial charge on any atom is 0.324 e. The van der Waals surface area contributed by atoms with E-state index >= 15 is 0 Å². The van der Waals surface area contributed by atoms with E-state index in [1.165, 1.54) is 18.2 Å². The molecule has 0 radical (unpaired) electrons. The monoisotopic (exact) mass is 267 g/mol. The SMILES string of the molecule is O=C(Cc1ccccc1F)NCC(F)(F)C(F)F. The summed E-state index contributed by atoms with van der Waals surface area (Å²) in [5.74, 6) is -5.89. The first-order valence-electron chi connectivity index (χ1n) is 4.99. The molecule has 0 spiro atoms. The number of carbonyl (C=O) groups excluding carboxylic acids is 1. The number of amides is 1. The Morgan fingerprint density at radius 1 is 1.28 bits per heavy atom. The fourth-order valence-corrected chi connectivity index (χ4v) is 1.17.